The van der Waals surface area contributed by atoms with Crippen LogP contribution in [-0.2, 0) is 0 Å². The van der Waals surface area contributed by atoms with Crippen molar-refractivity contribution in [1.29, 1.82) is 0 Å². The molecule has 98 valence electrons. The van der Waals surface area contributed by atoms with Gasteiger partial charge in [0.1, 0.15) is 11.4 Å². The van der Waals surface area contributed by atoms with Crippen molar-refractivity contribution in [2.45, 2.75) is 0 Å². The molecule has 1 heterocycles. The molecule has 4 N–H and O–H groups in total. The lowest BCUT2D eigenvalue weighted by Crippen LogP contribution is -2.18. The second kappa shape index (κ2) is 5.21. The lowest BCUT2D eigenvalue weighted by Gasteiger charge is -2.09. The Kier molecular flexibility index (Phi) is 3.46. The van der Waals surface area contributed by atoms with Gasteiger partial charge < -0.3 is 15.8 Å². The highest BCUT2D eigenvalue weighted by Gasteiger charge is 2.10. The second-order valence-electron chi connectivity index (χ2n) is 3.71. The molecule has 7 heteroatoms. The number of H-pyrrole nitrogens is 1. The Hall–Kier alpha value is -2.83. The standard InChI is InChI=1S/C12H12N4O3/c1-19-7-2-3-8(13)10(6-7)14-12(18)9-4-5-11(17)16-15-9/h2-6H,13H2,1H3,(H,14,18)(H,16,17). The van der Waals surface area contributed by atoms with Gasteiger partial charge in [0.25, 0.3) is 11.5 Å². The molecule has 0 spiro atoms. The summed E-state index contributed by atoms with van der Waals surface area (Å²) in [7, 11) is 1.51. The molecule has 2 rings (SSSR count). The second-order valence-corrected chi connectivity index (χ2v) is 3.71. The molecule has 0 saturated carbocycles. The SMILES string of the molecule is COc1ccc(N)c(NC(=O)c2ccc(=O)[nH]n2)c1. The molecule has 0 aliphatic heterocycles. The molecular weight excluding hydrogens is 248 g/mol. The molecule has 1 amide bonds. The molecular formula is C12H12N4O3. The maximum Gasteiger partial charge on any atom is 0.276 e. The zero-order valence-corrected chi connectivity index (χ0v) is 10.1. The first-order valence-electron chi connectivity index (χ1n) is 5.41. The van der Waals surface area contributed by atoms with E-state index in [1.165, 1.54) is 19.2 Å². The first-order chi connectivity index (χ1) is 9.10. The minimum atomic E-state index is -0.476. The third-order valence-electron chi connectivity index (χ3n) is 2.42. The molecule has 2 aromatic rings. The van der Waals surface area contributed by atoms with Crippen molar-refractivity contribution in [3.05, 3.63) is 46.4 Å². The molecule has 0 unspecified atom stereocenters. The Bertz CT molecular complexity index is 646. The summed E-state index contributed by atoms with van der Waals surface area (Å²) in [6.07, 6.45) is 0. The van der Waals surface area contributed by atoms with E-state index in [9.17, 15) is 9.59 Å². The van der Waals surface area contributed by atoms with E-state index in [1.807, 2.05) is 0 Å². The number of rotatable bonds is 3. The van der Waals surface area contributed by atoms with E-state index in [1.54, 1.807) is 18.2 Å². The van der Waals surface area contributed by atoms with Crippen LogP contribution >= 0.6 is 0 Å². The number of carbonyl (C=O) groups is 1. The zero-order chi connectivity index (χ0) is 13.8. The van der Waals surface area contributed by atoms with Crippen LogP contribution in [0.25, 0.3) is 0 Å². The average molecular weight is 260 g/mol. The van der Waals surface area contributed by atoms with Crippen LogP contribution in [0.15, 0.2) is 35.1 Å². The Morgan fingerprint density at radius 1 is 1.37 bits per heavy atom. The van der Waals surface area contributed by atoms with Crippen LogP contribution in [-0.4, -0.2) is 23.2 Å². The van der Waals surface area contributed by atoms with Gasteiger partial charge in [0.05, 0.1) is 18.5 Å². The molecule has 19 heavy (non-hydrogen) atoms. The molecule has 0 aliphatic carbocycles. The average Bonchev–Trinajstić information content (AvgIpc) is 2.42. The maximum absolute atomic E-state index is 11.9. The van der Waals surface area contributed by atoms with Gasteiger partial charge in [-0.25, -0.2) is 5.10 Å². The summed E-state index contributed by atoms with van der Waals surface area (Å²) in [6, 6.07) is 7.44. The van der Waals surface area contributed by atoms with Gasteiger partial charge in [0, 0.05) is 12.1 Å². The number of carbonyl (C=O) groups excluding carboxylic acids is 1. The van der Waals surface area contributed by atoms with Crippen LogP contribution in [0.2, 0.25) is 0 Å². The third-order valence-corrected chi connectivity index (χ3v) is 2.42. The number of aromatic amines is 1. The number of aromatic nitrogens is 2. The number of methoxy groups -OCH3 is 1. The van der Waals surface area contributed by atoms with Gasteiger partial charge in [0.15, 0.2) is 0 Å². The van der Waals surface area contributed by atoms with Crippen LogP contribution in [0, 0.1) is 0 Å². The zero-order valence-electron chi connectivity index (χ0n) is 10.1. The fourth-order valence-corrected chi connectivity index (χ4v) is 1.43. The van der Waals surface area contributed by atoms with Gasteiger partial charge in [-0.1, -0.05) is 0 Å². The fourth-order valence-electron chi connectivity index (χ4n) is 1.43. The molecule has 0 radical (unpaired) electrons. The number of hydrogen-bond donors (Lipinski definition) is 3. The van der Waals surface area contributed by atoms with Crippen molar-refractivity contribution in [1.82, 2.24) is 10.2 Å². The maximum atomic E-state index is 11.9. The van der Waals surface area contributed by atoms with Crippen molar-refractivity contribution in [2.75, 3.05) is 18.2 Å². The molecule has 0 bridgehead atoms. The van der Waals surface area contributed by atoms with E-state index in [4.69, 9.17) is 10.5 Å². The lowest BCUT2D eigenvalue weighted by atomic mass is 10.2. The van der Waals surface area contributed by atoms with Gasteiger partial charge in [0.2, 0.25) is 0 Å². The summed E-state index contributed by atoms with van der Waals surface area (Å²) in [4.78, 5) is 22.7. The predicted molar refractivity (Wildman–Crippen MR) is 70.2 cm³/mol. The number of nitrogens with two attached hydrogens (primary N) is 1. The van der Waals surface area contributed by atoms with Crippen LogP contribution in [0.1, 0.15) is 10.5 Å². The van der Waals surface area contributed by atoms with Crippen LogP contribution in [0.3, 0.4) is 0 Å². The highest BCUT2D eigenvalue weighted by molar-refractivity contribution is 6.04. The number of anilines is 2. The Balaban J connectivity index is 2.23. The van der Waals surface area contributed by atoms with E-state index in [0.717, 1.165) is 0 Å². The minimum Gasteiger partial charge on any atom is -0.497 e. The predicted octanol–water partition coefficient (Wildman–Crippen LogP) is 0.613. The van der Waals surface area contributed by atoms with Gasteiger partial charge in [-0.2, -0.15) is 5.10 Å². The van der Waals surface area contributed by atoms with Gasteiger partial charge in [-0.3, -0.25) is 9.59 Å². The molecule has 1 aromatic heterocycles. The fraction of sp³-hybridized carbons (Fsp3) is 0.0833. The number of benzene rings is 1. The molecule has 0 aliphatic rings. The van der Waals surface area contributed by atoms with Gasteiger partial charge in [-0.15, -0.1) is 0 Å². The summed E-state index contributed by atoms with van der Waals surface area (Å²) in [5.74, 6) is 0.0927. The molecule has 0 saturated heterocycles. The van der Waals surface area contributed by atoms with Crippen molar-refractivity contribution in [3.8, 4) is 5.75 Å². The van der Waals surface area contributed by atoms with Crippen molar-refractivity contribution >= 4 is 17.3 Å². The molecule has 7 nitrogen and oxygen atoms in total. The molecule has 1 aromatic carbocycles. The number of nitrogens with one attached hydrogen (secondary N) is 2. The Morgan fingerprint density at radius 2 is 2.16 bits per heavy atom. The minimum absolute atomic E-state index is 0.0850. The van der Waals surface area contributed by atoms with E-state index in [0.29, 0.717) is 17.1 Å². The first kappa shape index (κ1) is 12.6. The van der Waals surface area contributed by atoms with E-state index < -0.39 is 5.91 Å². The number of amides is 1. The largest absolute Gasteiger partial charge is 0.497 e. The molecule has 0 atom stereocenters. The number of ether oxygens (including phenoxy) is 1. The monoisotopic (exact) mass is 260 g/mol. The smallest absolute Gasteiger partial charge is 0.276 e. The quantitative estimate of drug-likeness (QED) is 0.700. The molecule has 0 fully saturated rings. The first-order valence-corrected chi connectivity index (χ1v) is 5.41. The summed E-state index contributed by atoms with van der Waals surface area (Å²) >= 11 is 0. The van der Waals surface area contributed by atoms with Crippen LogP contribution in [0.5, 0.6) is 5.75 Å². The summed E-state index contributed by atoms with van der Waals surface area (Å²) in [5, 5.41) is 8.40. The highest BCUT2D eigenvalue weighted by atomic mass is 16.5. The van der Waals surface area contributed by atoms with Crippen molar-refractivity contribution < 1.29 is 9.53 Å². The third kappa shape index (κ3) is 2.89. The van der Waals surface area contributed by atoms with Crippen molar-refractivity contribution in [3.63, 3.8) is 0 Å². The highest BCUT2D eigenvalue weighted by Crippen LogP contribution is 2.24. The summed E-state index contributed by atoms with van der Waals surface area (Å²) in [5.41, 5.74) is 6.27. The summed E-state index contributed by atoms with van der Waals surface area (Å²) in [6.45, 7) is 0. The number of hydrogen-bond acceptors (Lipinski definition) is 5. The number of nitrogens with zero attached hydrogens (tertiary/aromatic N) is 1. The van der Waals surface area contributed by atoms with Crippen LogP contribution in [0.4, 0.5) is 11.4 Å². The summed E-state index contributed by atoms with van der Waals surface area (Å²) < 4.78 is 5.04. The lowest BCUT2D eigenvalue weighted by molar-refractivity contribution is 0.102. The van der Waals surface area contributed by atoms with E-state index in [2.05, 4.69) is 15.5 Å². The number of nitrogen functional groups attached to an aromatic ring is 1. The van der Waals surface area contributed by atoms with E-state index >= 15 is 0 Å². The van der Waals surface area contributed by atoms with E-state index in [-0.39, 0.29) is 11.3 Å². The van der Waals surface area contributed by atoms with Gasteiger partial charge in [-0.05, 0) is 18.2 Å². The normalized spacial score (nSPS) is 9.95. The Morgan fingerprint density at radius 3 is 2.79 bits per heavy atom. The van der Waals surface area contributed by atoms with Crippen molar-refractivity contribution in [2.24, 2.45) is 0 Å². The van der Waals surface area contributed by atoms with Crippen LogP contribution < -0.4 is 21.3 Å². The van der Waals surface area contributed by atoms with Gasteiger partial charge >= 0.3 is 0 Å². The topological polar surface area (TPSA) is 110 Å². The Labute approximate surface area is 108 Å².